The molecule has 0 radical (unpaired) electrons. The van der Waals surface area contributed by atoms with Crippen LogP contribution < -0.4 is 4.74 Å². The van der Waals surface area contributed by atoms with Crippen LogP contribution in [0.1, 0.15) is 36.1 Å². The van der Waals surface area contributed by atoms with Crippen LogP contribution in [0.4, 0.5) is 13.2 Å². The second-order valence-corrected chi connectivity index (χ2v) is 6.48. The summed E-state index contributed by atoms with van der Waals surface area (Å²) in [7, 11) is 1.52. The Balaban J connectivity index is 1.75. The number of alkyl halides is 3. The second-order valence-electron chi connectivity index (χ2n) is 6.48. The van der Waals surface area contributed by atoms with Crippen molar-refractivity contribution in [1.82, 2.24) is 9.78 Å². The van der Waals surface area contributed by atoms with Gasteiger partial charge in [-0.05, 0) is 48.6 Å². The zero-order valence-corrected chi connectivity index (χ0v) is 15.2. The maximum absolute atomic E-state index is 12.7. The van der Waals surface area contributed by atoms with Crippen molar-refractivity contribution in [2.24, 2.45) is 0 Å². The lowest BCUT2D eigenvalue weighted by Gasteiger charge is -2.10. The summed E-state index contributed by atoms with van der Waals surface area (Å²) in [4.78, 5) is 0. The lowest BCUT2D eigenvalue weighted by molar-refractivity contribution is -0.137. The third-order valence-corrected chi connectivity index (χ3v) is 4.58. The normalized spacial score (nSPS) is 12.8. The van der Waals surface area contributed by atoms with Crippen molar-refractivity contribution in [3.8, 4) is 11.6 Å². The van der Waals surface area contributed by atoms with Gasteiger partial charge in [-0.3, -0.25) is 0 Å². The predicted octanol–water partition coefficient (Wildman–Crippen LogP) is 5.64. The number of aromatic nitrogens is 2. The predicted molar refractivity (Wildman–Crippen MR) is 98.3 cm³/mol. The van der Waals surface area contributed by atoms with Gasteiger partial charge in [0, 0.05) is 6.07 Å². The van der Waals surface area contributed by atoms with Crippen molar-refractivity contribution in [1.29, 1.82) is 0 Å². The molecule has 0 aliphatic rings. The van der Waals surface area contributed by atoms with Crippen LogP contribution in [0.3, 0.4) is 0 Å². The lowest BCUT2D eigenvalue weighted by Crippen LogP contribution is -2.06. The van der Waals surface area contributed by atoms with Crippen LogP contribution in [0.2, 0.25) is 0 Å². The molecule has 0 N–H and O–H groups in total. The van der Waals surface area contributed by atoms with Crippen LogP contribution in [0, 0.1) is 0 Å². The molecular weight excluding hydrogens is 353 g/mol. The summed E-state index contributed by atoms with van der Waals surface area (Å²) in [5.74, 6) is 0.880. The molecular formula is C21H21F3N2O. The van der Waals surface area contributed by atoms with Gasteiger partial charge in [-0.2, -0.15) is 18.3 Å². The largest absolute Gasteiger partial charge is 0.481 e. The number of hydrogen-bond donors (Lipinski definition) is 0. The minimum atomic E-state index is -4.36. The molecule has 2 aromatic carbocycles. The molecule has 27 heavy (non-hydrogen) atoms. The summed E-state index contributed by atoms with van der Waals surface area (Å²) in [6.07, 6.45) is -2.69. The highest BCUT2D eigenvalue weighted by Gasteiger charge is 2.30. The molecule has 6 heteroatoms. The van der Waals surface area contributed by atoms with Crippen LogP contribution in [-0.4, -0.2) is 16.9 Å². The van der Waals surface area contributed by atoms with Crippen molar-refractivity contribution >= 4 is 0 Å². The molecule has 0 bridgehead atoms. The van der Waals surface area contributed by atoms with Gasteiger partial charge in [0.2, 0.25) is 5.88 Å². The highest BCUT2D eigenvalue weighted by atomic mass is 19.4. The van der Waals surface area contributed by atoms with Gasteiger partial charge >= 0.3 is 6.18 Å². The van der Waals surface area contributed by atoms with Gasteiger partial charge in [0.25, 0.3) is 0 Å². The van der Waals surface area contributed by atoms with E-state index in [1.807, 2.05) is 24.3 Å². The number of rotatable bonds is 6. The van der Waals surface area contributed by atoms with Crippen LogP contribution >= 0.6 is 0 Å². The minimum Gasteiger partial charge on any atom is -0.481 e. The highest BCUT2D eigenvalue weighted by molar-refractivity contribution is 5.38. The Kier molecular flexibility index (Phi) is 5.54. The molecule has 142 valence electrons. The quantitative estimate of drug-likeness (QED) is 0.559. The Morgan fingerprint density at radius 1 is 1.04 bits per heavy atom. The summed E-state index contributed by atoms with van der Waals surface area (Å²) in [6, 6.07) is 17.0. The first kappa shape index (κ1) is 19.0. The van der Waals surface area contributed by atoms with E-state index in [2.05, 4.69) is 24.2 Å². The maximum Gasteiger partial charge on any atom is 0.416 e. The van der Waals surface area contributed by atoms with E-state index in [4.69, 9.17) is 4.74 Å². The summed E-state index contributed by atoms with van der Waals surface area (Å²) in [5.41, 5.74) is 1.96. The summed E-state index contributed by atoms with van der Waals surface area (Å²) >= 11 is 0. The highest BCUT2D eigenvalue weighted by Crippen LogP contribution is 2.30. The van der Waals surface area contributed by atoms with E-state index >= 15 is 0 Å². The molecule has 1 heterocycles. The van der Waals surface area contributed by atoms with Crippen LogP contribution in [0.5, 0.6) is 5.88 Å². The number of ether oxygens (including phenoxy) is 1. The lowest BCUT2D eigenvalue weighted by atomic mass is 9.96. The van der Waals surface area contributed by atoms with Crippen molar-refractivity contribution in [2.75, 3.05) is 7.11 Å². The average Bonchev–Trinajstić information content (AvgIpc) is 3.09. The molecule has 3 aromatic rings. The first-order valence-electron chi connectivity index (χ1n) is 8.74. The zero-order chi connectivity index (χ0) is 19.4. The Morgan fingerprint density at radius 2 is 1.70 bits per heavy atom. The molecule has 1 aromatic heterocycles. The second kappa shape index (κ2) is 7.86. The molecule has 0 fully saturated rings. The Labute approximate surface area is 156 Å². The van der Waals surface area contributed by atoms with Crippen LogP contribution in [-0.2, 0) is 12.6 Å². The van der Waals surface area contributed by atoms with E-state index < -0.39 is 11.7 Å². The van der Waals surface area contributed by atoms with E-state index in [0.717, 1.165) is 30.7 Å². The first-order valence-corrected chi connectivity index (χ1v) is 8.74. The molecule has 3 rings (SSSR count). The monoisotopic (exact) mass is 374 g/mol. The van der Waals surface area contributed by atoms with Crippen molar-refractivity contribution in [3.05, 3.63) is 77.5 Å². The summed E-state index contributed by atoms with van der Waals surface area (Å²) in [6.45, 7) is 2.17. The molecule has 0 spiro atoms. The van der Waals surface area contributed by atoms with E-state index in [1.165, 1.54) is 29.5 Å². The Morgan fingerprint density at radius 3 is 2.30 bits per heavy atom. The maximum atomic E-state index is 12.7. The number of nitrogens with zero attached hydrogens (tertiary/aromatic N) is 2. The smallest absolute Gasteiger partial charge is 0.416 e. The molecule has 3 nitrogen and oxygen atoms in total. The zero-order valence-electron chi connectivity index (χ0n) is 15.2. The van der Waals surface area contributed by atoms with Crippen molar-refractivity contribution < 1.29 is 17.9 Å². The molecule has 0 amide bonds. The van der Waals surface area contributed by atoms with Gasteiger partial charge < -0.3 is 4.74 Å². The van der Waals surface area contributed by atoms with Gasteiger partial charge in [-0.25, -0.2) is 4.68 Å². The van der Waals surface area contributed by atoms with Crippen molar-refractivity contribution in [2.45, 2.75) is 31.9 Å². The summed E-state index contributed by atoms with van der Waals surface area (Å²) in [5, 5.41) is 4.52. The third-order valence-electron chi connectivity index (χ3n) is 4.58. The fraction of sp³-hybridized carbons (Fsp3) is 0.286. The van der Waals surface area contributed by atoms with Gasteiger partial charge in [0.05, 0.1) is 24.1 Å². The van der Waals surface area contributed by atoms with Gasteiger partial charge in [0.15, 0.2) is 0 Å². The number of methoxy groups -OCH3 is 1. The standard InChI is InChI=1S/C21H21F3N2O/c1-15(16-6-4-3-5-7-16)8-11-18-14-20(27-2)26(25-18)19-12-9-17(10-13-19)21(22,23)24/h3-7,9-10,12-15H,8,11H2,1-2H3/t15-/m0/s1. The van der Waals surface area contributed by atoms with E-state index in [9.17, 15) is 13.2 Å². The SMILES string of the molecule is COc1cc(CC[C@H](C)c2ccccc2)nn1-c1ccc(C(F)(F)F)cc1. The van der Waals surface area contributed by atoms with E-state index in [0.29, 0.717) is 17.5 Å². The number of benzene rings is 2. The average molecular weight is 374 g/mol. The number of hydrogen-bond acceptors (Lipinski definition) is 2. The molecule has 0 aliphatic heterocycles. The fourth-order valence-electron chi connectivity index (χ4n) is 2.97. The van der Waals surface area contributed by atoms with Gasteiger partial charge in [0.1, 0.15) is 0 Å². The first-order chi connectivity index (χ1) is 12.9. The van der Waals surface area contributed by atoms with Gasteiger partial charge in [-0.15, -0.1) is 0 Å². The Bertz CT molecular complexity index is 871. The van der Waals surface area contributed by atoms with E-state index in [1.54, 1.807) is 0 Å². The number of halogens is 3. The molecule has 0 unspecified atom stereocenters. The van der Waals surface area contributed by atoms with Crippen LogP contribution in [0.25, 0.3) is 5.69 Å². The molecule has 0 aliphatic carbocycles. The van der Waals surface area contributed by atoms with Crippen molar-refractivity contribution in [3.63, 3.8) is 0 Å². The topological polar surface area (TPSA) is 27.1 Å². The summed E-state index contributed by atoms with van der Waals surface area (Å²) < 4.78 is 45.1. The van der Waals surface area contributed by atoms with E-state index in [-0.39, 0.29) is 0 Å². The number of aryl methyl sites for hydroxylation is 1. The molecule has 1 atom stereocenters. The van der Waals surface area contributed by atoms with Gasteiger partial charge in [-0.1, -0.05) is 37.3 Å². The fourth-order valence-corrected chi connectivity index (χ4v) is 2.97. The third kappa shape index (κ3) is 4.51. The molecule has 0 saturated carbocycles. The minimum absolute atomic E-state index is 0.383. The molecule has 0 saturated heterocycles. The van der Waals surface area contributed by atoms with Crippen LogP contribution in [0.15, 0.2) is 60.7 Å². The Hall–Kier alpha value is -2.76.